The summed E-state index contributed by atoms with van der Waals surface area (Å²) in [5.74, 6) is 1.88. The third kappa shape index (κ3) is 4.54. The van der Waals surface area contributed by atoms with E-state index in [1.165, 1.54) is 0 Å². The Morgan fingerprint density at radius 1 is 1.37 bits per heavy atom. The van der Waals surface area contributed by atoms with E-state index in [0.717, 1.165) is 42.4 Å². The molecule has 2 aromatic rings. The maximum Gasteiger partial charge on any atom is 0.261 e. The molecule has 7 nitrogen and oxygen atoms in total. The van der Waals surface area contributed by atoms with Crippen LogP contribution in [0.25, 0.3) is 0 Å². The Labute approximate surface area is 158 Å². The quantitative estimate of drug-likeness (QED) is 0.650. The number of benzene rings is 1. The molecule has 0 saturated carbocycles. The number of H-pyrrole nitrogens is 1. The number of methoxy groups -OCH3 is 1. The van der Waals surface area contributed by atoms with Crippen LogP contribution in [-0.2, 0) is 17.6 Å². The molecule has 0 amide bonds. The third-order valence-corrected chi connectivity index (χ3v) is 4.86. The van der Waals surface area contributed by atoms with Crippen molar-refractivity contribution in [3.05, 3.63) is 51.1 Å². The molecule has 3 rings (SSSR count). The van der Waals surface area contributed by atoms with Crippen LogP contribution in [0.15, 0.2) is 23.0 Å². The maximum atomic E-state index is 12.4. The van der Waals surface area contributed by atoms with E-state index in [-0.39, 0.29) is 17.2 Å². The number of aromatic amines is 1. The minimum absolute atomic E-state index is 0.201. The van der Waals surface area contributed by atoms with Gasteiger partial charge in [0.1, 0.15) is 17.4 Å². The van der Waals surface area contributed by atoms with Crippen molar-refractivity contribution >= 4 is 12.0 Å². The van der Waals surface area contributed by atoms with E-state index in [4.69, 9.17) is 14.9 Å². The summed E-state index contributed by atoms with van der Waals surface area (Å²) in [5, 5.41) is 10.9. The normalized spacial score (nSPS) is 14.7. The van der Waals surface area contributed by atoms with Gasteiger partial charge in [-0.15, -0.1) is 0 Å². The fourth-order valence-corrected chi connectivity index (χ4v) is 3.30. The molecule has 1 saturated heterocycles. The van der Waals surface area contributed by atoms with Crippen LogP contribution in [0.2, 0.25) is 0 Å². The van der Waals surface area contributed by atoms with E-state index in [1.54, 1.807) is 7.11 Å². The molecule has 1 aromatic carbocycles. The predicted octanol–water partition coefficient (Wildman–Crippen LogP) is 2.52. The minimum Gasteiger partial charge on any atom is -0.497 e. The molecule has 0 spiro atoms. The van der Waals surface area contributed by atoms with Crippen LogP contribution in [0.3, 0.4) is 0 Å². The molecule has 0 unspecified atom stereocenters. The smallest absolute Gasteiger partial charge is 0.261 e. The highest BCUT2D eigenvalue weighted by atomic mass is 16.5. The summed E-state index contributed by atoms with van der Waals surface area (Å²) < 4.78 is 10.7. The molecule has 27 heavy (non-hydrogen) atoms. The van der Waals surface area contributed by atoms with E-state index in [1.807, 2.05) is 18.2 Å². The van der Waals surface area contributed by atoms with E-state index in [9.17, 15) is 4.79 Å². The van der Waals surface area contributed by atoms with Crippen LogP contribution >= 0.6 is 0 Å². The molecule has 1 aromatic heterocycles. The molecular weight excluding hydrogens is 344 g/mol. The number of hydrogen-bond donors (Lipinski definition) is 3. The van der Waals surface area contributed by atoms with Crippen LogP contribution in [0.5, 0.6) is 5.75 Å². The number of rotatable bonds is 7. The van der Waals surface area contributed by atoms with E-state index >= 15 is 0 Å². The number of anilines is 1. The molecular formula is C20H26N4O3. The molecule has 0 radical (unpaired) electrons. The summed E-state index contributed by atoms with van der Waals surface area (Å²) >= 11 is 0. The SMILES string of the molecule is CCc1cc(OC)ccc1Cc1nc(NC2CCOCC2)c(C=N)c(=O)[nH]1. The van der Waals surface area contributed by atoms with Crippen molar-refractivity contribution in [2.24, 2.45) is 0 Å². The number of nitrogens with one attached hydrogen (secondary N) is 3. The van der Waals surface area contributed by atoms with E-state index < -0.39 is 0 Å². The summed E-state index contributed by atoms with van der Waals surface area (Å²) in [6, 6.07) is 6.14. The van der Waals surface area contributed by atoms with Gasteiger partial charge in [-0.3, -0.25) is 4.79 Å². The van der Waals surface area contributed by atoms with Crippen molar-refractivity contribution in [1.82, 2.24) is 9.97 Å². The van der Waals surface area contributed by atoms with Crippen LogP contribution in [-0.4, -0.2) is 42.5 Å². The van der Waals surface area contributed by atoms with Crippen molar-refractivity contribution in [2.45, 2.75) is 38.6 Å². The van der Waals surface area contributed by atoms with Gasteiger partial charge in [-0.2, -0.15) is 0 Å². The lowest BCUT2D eigenvalue weighted by Gasteiger charge is -2.24. The second kappa shape index (κ2) is 8.81. The first-order valence-electron chi connectivity index (χ1n) is 9.28. The van der Waals surface area contributed by atoms with Crippen LogP contribution in [0.1, 0.15) is 42.3 Å². The zero-order chi connectivity index (χ0) is 19.2. The summed E-state index contributed by atoms with van der Waals surface area (Å²) in [7, 11) is 1.65. The molecule has 0 atom stereocenters. The third-order valence-electron chi connectivity index (χ3n) is 4.86. The summed E-state index contributed by atoms with van der Waals surface area (Å²) in [5.41, 5.74) is 2.22. The minimum atomic E-state index is -0.295. The van der Waals surface area contributed by atoms with Crippen molar-refractivity contribution in [3.63, 3.8) is 0 Å². The topological polar surface area (TPSA) is 100 Å². The fourth-order valence-electron chi connectivity index (χ4n) is 3.30. The Bertz CT molecular complexity index is 857. The molecule has 0 bridgehead atoms. The lowest BCUT2D eigenvalue weighted by atomic mass is 10.0. The summed E-state index contributed by atoms with van der Waals surface area (Å²) in [6.45, 7) is 3.48. The number of nitrogens with zero attached hydrogens (tertiary/aromatic N) is 1. The first-order valence-corrected chi connectivity index (χ1v) is 9.28. The first kappa shape index (κ1) is 19.1. The second-order valence-corrected chi connectivity index (χ2v) is 6.62. The van der Waals surface area contributed by atoms with E-state index in [0.29, 0.717) is 31.3 Å². The predicted molar refractivity (Wildman–Crippen MR) is 105 cm³/mol. The number of hydrogen-bond acceptors (Lipinski definition) is 6. The second-order valence-electron chi connectivity index (χ2n) is 6.62. The van der Waals surface area contributed by atoms with Crippen molar-refractivity contribution in [2.75, 3.05) is 25.6 Å². The van der Waals surface area contributed by atoms with Gasteiger partial charge in [0.2, 0.25) is 0 Å². The van der Waals surface area contributed by atoms with Gasteiger partial charge in [-0.25, -0.2) is 4.98 Å². The highest BCUT2D eigenvalue weighted by Gasteiger charge is 2.18. The van der Waals surface area contributed by atoms with Crippen LogP contribution in [0.4, 0.5) is 5.82 Å². The monoisotopic (exact) mass is 370 g/mol. The Balaban J connectivity index is 1.89. The van der Waals surface area contributed by atoms with Gasteiger partial charge in [0.25, 0.3) is 5.56 Å². The largest absolute Gasteiger partial charge is 0.497 e. The van der Waals surface area contributed by atoms with Crippen molar-refractivity contribution < 1.29 is 9.47 Å². The molecule has 1 fully saturated rings. The Morgan fingerprint density at radius 3 is 2.81 bits per heavy atom. The molecule has 7 heteroatoms. The Morgan fingerprint density at radius 2 is 2.15 bits per heavy atom. The van der Waals surface area contributed by atoms with Crippen LogP contribution < -0.4 is 15.6 Å². The summed E-state index contributed by atoms with van der Waals surface area (Å²) in [4.78, 5) is 19.9. The molecule has 144 valence electrons. The first-order chi connectivity index (χ1) is 13.1. The van der Waals surface area contributed by atoms with Crippen LogP contribution in [0, 0.1) is 5.41 Å². The van der Waals surface area contributed by atoms with Gasteiger partial charge in [-0.1, -0.05) is 13.0 Å². The lowest BCUT2D eigenvalue weighted by Crippen LogP contribution is -2.30. The average Bonchev–Trinajstić information content (AvgIpc) is 2.69. The van der Waals surface area contributed by atoms with Gasteiger partial charge in [0.15, 0.2) is 0 Å². The van der Waals surface area contributed by atoms with Gasteiger partial charge in [0.05, 0.1) is 12.7 Å². The highest BCUT2D eigenvalue weighted by molar-refractivity contribution is 5.83. The highest BCUT2D eigenvalue weighted by Crippen LogP contribution is 2.21. The van der Waals surface area contributed by atoms with Crippen molar-refractivity contribution in [3.8, 4) is 5.75 Å². The number of aromatic nitrogens is 2. The zero-order valence-electron chi connectivity index (χ0n) is 15.8. The Kier molecular flexibility index (Phi) is 6.24. The molecule has 1 aliphatic rings. The van der Waals surface area contributed by atoms with Gasteiger partial charge in [0, 0.05) is 31.9 Å². The molecule has 3 N–H and O–H groups in total. The molecule has 1 aliphatic heterocycles. The maximum absolute atomic E-state index is 12.4. The molecule has 2 heterocycles. The zero-order valence-corrected chi connectivity index (χ0v) is 15.8. The number of ether oxygens (including phenoxy) is 2. The number of aryl methyl sites for hydroxylation is 1. The lowest BCUT2D eigenvalue weighted by molar-refractivity contribution is 0.0904. The van der Waals surface area contributed by atoms with Gasteiger partial charge in [-0.05, 0) is 42.5 Å². The summed E-state index contributed by atoms with van der Waals surface area (Å²) in [6.07, 6.45) is 4.16. The van der Waals surface area contributed by atoms with E-state index in [2.05, 4.69) is 22.2 Å². The average molecular weight is 370 g/mol. The molecule has 0 aliphatic carbocycles. The standard InChI is InChI=1S/C20H26N4O3/c1-3-13-10-16(26-2)5-4-14(13)11-18-23-19(17(12-21)20(25)24-18)22-15-6-8-27-9-7-15/h4-5,10,12,15,21H,3,6-9,11H2,1-2H3,(H2,22,23,24,25). The Hall–Kier alpha value is -2.67. The fraction of sp³-hybridized carbons (Fsp3) is 0.450. The van der Waals surface area contributed by atoms with Crippen molar-refractivity contribution in [1.29, 1.82) is 5.41 Å². The van der Waals surface area contributed by atoms with Gasteiger partial charge >= 0.3 is 0 Å². The van der Waals surface area contributed by atoms with Gasteiger partial charge < -0.3 is 25.2 Å².